The van der Waals surface area contributed by atoms with Crippen LogP contribution in [0.2, 0.25) is 0 Å². The molecule has 1 heterocycles. The lowest BCUT2D eigenvalue weighted by molar-refractivity contribution is 0.0953. The van der Waals surface area contributed by atoms with Crippen LogP contribution in [0.3, 0.4) is 0 Å². The average molecular weight is 435 g/mol. The number of nitrogens with zero attached hydrogens (tertiary/aromatic N) is 1. The zero-order valence-electron chi connectivity index (χ0n) is 16.8. The Morgan fingerprint density at radius 1 is 1.17 bits per heavy atom. The van der Waals surface area contributed by atoms with Crippen LogP contribution in [0.5, 0.6) is 0 Å². The Kier molecular flexibility index (Phi) is 6.56. The standard InChI is InChI=1S/C25H23ClN2OS/c1-2-3-15-27-25(29)18-12-14-23-21(16-18)28-24(17-7-6-8-19(26)13-11-17)20-9-4-5-10-22(20)30-23/h4-6,8-14,16H,2-3,7,15H2,1H3,(H,27,29). The summed E-state index contributed by atoms with van der Waals surface area (Å²) in [6.07, 6.45) is 10.7. The molecule has 1 amide bonds. The average Bonchev–Trinajstić information content (AvgIpc) is 3.07. The Morgan fingerprint density at radius 3 is 2.90 bits per heavy atom. The molecular formula is C25H23ClN2OS. The highest BCUT2D eigenvalue weighted by molar-refractivity contribution is 7.99. The number of hydrogen-bond acceptors (Lipinski definition) is 3. The van der Waals surface area contributed by atoms with E-state index in [-0.39, 0.29) is 5.91 Å². The van der Waals surface area contributed by atoms with E-state index in [4.69, 9.17) is 16.6 Å². The second-order valence-electron chi connectivity index (χ2n) is 7.20. The van der Waals surface area contributed by atoms with Crippen LogP contribution in [0.4, 0.5) is 5.69 Å². The van der Waals surface area contributed by atoms with Crippen molar-refractivity contribution in [1.29, 1.82) is 0 Å². The van der Waals surface area contributed by atoms with E-state index in [0.717, 1.165) is 51.6 Å². The molecule has 152 valence electrons. The van der Waals surface area contributed by atoms with Gasteiger partial charge in [0, 0.05) is 32.5 Å². The summed E-state index contributed by atoms with van der Waals surface area (Å²) in [6, 6.07) is 14.1. The first-order chi connectivity index (χ1) is 14.7. The fourth-order valence-corrected chi connectivity index (χ4v) is 4.54. The minimum absolute atomic E-state index is 0.0545. The van der Waals surface area contributed by atoms with Crippen molar-refractivity contribution in [1.82, 2.24) is 5.32 Å². The van der Waals surface area contributed by atoms with Crippen LogP contribution in [-0.2, 0) is 0 Å². The summed E-state index contributed by atoms with van der Waals surface area (Å²) in [4.78, 5) is 19.8. The monoisotopic (exact) mass is 434 g/mol. The molecule has 0 aromatic heterocycles. The van der Waals surface area contributed by atoms with Gasteiger partial charge in [0.1, 0.15) is 0 Å². The number of carbonyl (C=O) groups is 1. The van der Waals surface area contributed by atoms with Crippen LogP contribution in [0, 0.1) is 0 Å². The number of hydrogen-bond donors (Lipinski definition) is 1. The second-order valence-corrected chi connectivity index (χ2v) is 8.72. The SMILES string of the molecule is CCCCNC(=O)c1ccc2c(c1)N=C(C1=CC=C(Cl)C=CC1)c1ccccc1S2. The quantitative estimate of drug-likeness (QED) is 0.525. The zero-order valence-corrected chi connectivity index (χ0v) is 18.4. The molecule has 2 aromatic rings. The molecule has 2 aromatic carbocycles. The van der Waals surface area contributed by atoms with Crippen LogP contribution in [-0.4, -0.2) is 18.2 Å². The summed E-state index contributed by atoms with van der Waals surface area (Å²) in [5.41, 5.74) is 4.57. The van der Waals surface area contributed by atoms with Crippen molar-refractivity contribution in [3.8, 4) is 0 Å². The van der Waals surface area contributed by atoms with Gasteiger partial charge in [-0.2, -0.15) is 0 Å². The van der Waals surface area contributed by atoms with Gasteiger partial charge in [-0.05, 0) is 54.8 Å². The summed E-state index contributed by atoms with van der Waals surface area (Å²) < 4.78 is 0. The van der Waals surface area contributed by atoms with E-state index in [0.29, 0.717) is 17.1 Å². The van der Waals surface area contributed by atoms with Gasteiger partial charge in [-0.15, -0.1) is 0 Å². The molecule has 0 unspecified atom stereocenters. The summed E-state index contributed by atoms with van der Waals surface area (Å²) in [5.74, 6) is -0.0545. The molecule has 4 rings (SSSR count). The third kappa shape index (κ3) is 4.61. The van der Waals surface area contributed by atoms with Crippen molar-refractivity contribution in [3.05, 3.63) is 88.5 Å². The van der Waals surface area contributed by atoms with Gasteiger partial charge in [0.2, 0.25) is 0 Å². The molecule has 1 aliphatic heterocycles. The van der Waals surface area contributed by atoms with E-state index in [1.807, 2.05) is 48.6 Å². The number of fused-ring (bicyclic) bond motifs is 2. The summed E-state index contributed by atoms with van der Waals surface area (Å²) in [7, 11) is 0. The number of rotatable bonds is 5. The fraction of sp³-hybridized carbons (Fsp3) is 0.200. The number of aliphatic imine (C=N–C) groups is 1. The Balaban J connectivity index is 1.77. The highest BCUT2D eigenvalue weighted by Gasteiger charge is 2.21. The van der Waals surface area contributed by atoms with E-state index >= 15 is 0 Å². The first kappa shape index (κ1) is 20.7. The minimum atomic E-state index is -0.0545. The van der Waals surface area contributed by atoms with E-state index in [1.165, 1.54) is 0 Å². The minimum Gasteiger partial charge on any atom is -0.352 e. The number of nitrogens with one attached hydrogen (secondary N) is 1. The van der Waals surface area contributed by atoms with Crippen LogP contribution >= 0.6 is 23.4 Å². The van der Waals surface area contributed by atoms with Gasteiger partial charge in [0.25, 0.3) is 5.91 Å². The maximum Gasteiger partial charge on any atom is 0.251 e. The fourth-order valence-electron chi connectivity index (χ4n) is 3.39. The van der Waals surface area contributed by atoms with Gasteiger partial charge in [0.05, 0.1) is 11.4 Å². The van der Waals surface area contributed by atoms with Gasteiger partial charge in [0.15, 0.2) is 0 Å². The topological polar surface area (TPSA) is 41.5 Å². The first-order valence-corrected chi connectivity index (χ1v) is 11.4. The van der Waals surface area contributed by atoms with Gasteiger partial charge in [-0.3, -0.25) is 4.79 Å². The van der Waals surface area contributed by atoms with Crippen molar-refractivity contribution < 1.29 is 4.79 Å². The van der Waals surface area contributed by atoms with Crippen LogP contribution < -0.4 is 5.32 Å². The molecular weight excluding hydrogens is 412 g/mol. The molecule has 0 fully saturated rings. The molecule has 30 heavy (non-hydrogen) atoms. The first-order valence-electron chi connectivity index (χ1n) is 10.2. The zero-order chi connectivity index (χ0) is 20.9. The van der Waals surface area contributed by atoms with Gasteiger partial charge in [-0.25, -0.2) is 4.99 Å². The molecule has 0 bridgehead atoms. The van der Waals surface area contributed by atoms with Crippen LogP contribution in [0.1, 0.15) is 42.1 Å². The lowest BCUT2D eigenvalue weighted by Gasteiger charge is -2.10. The van der Waals surface area contributed by atoms with Gasteiger partial charge < -0.3 is 5.32 Å². The molecule has 5 heteroatoms. The highest BCUT2D eigenvalue weighted by atomic mass is 35.5. The molecule has 0 radical (unpaired) electrons. The molecule has 0 saturated heterocycles. The number of halogens is 1. The van der Waals surface area contributed by atoms with E-state index < -0.39 is 0 Å². The maximum absolute atomic E-state index is 12.6. The van der Waals surface area contributed by atoms with E-state index in [1.54, 1.807) is 11.8 Å². The van der Waals surface area contributed by atoms with E-state index in [2.05, 4.69) is 30.4 Å². The molecule has 1 N–H and O–H groups in total. The third-order valence-electron chi connectivity index (χ3n) is 4.99. The molecule has 1 aliphatic carbocycles. The number of allylic oxidation sites excluding steroid dienone is 6. The Labute approximate surface area is 186 Å². The molecule has 3 nitrogen and oxygen atoms in total. The summed E-state index contributed by atoms with van der Waals surface area (Å²) >= 11 is 7.87. The van der Waals surface area contributed by atoms with Crippen molar-refractivity contribution in [3.63, 3.8) is 0 Å². The summed E-state index contributed by atoms with van der Waals surface area (Å²) in [5, 5.41) is 3.69. The maximum atomic E-state index is 12.6. The van der Waals surface area contributed by atoms with Crippen molar-refractivity contribution in [2.75, 3.05) is 6.54 Å². The molecule has 0 spiro atoms. The molecule has 0 atom stereocenters. The largest absolute Gasteiger partial charge is 0.352 e. The number of unbranched alkanes of at least 4 members (excludes halogenated alkanes) is 1. The van der Waals surface area contributed by atoms with Crippen LogP contribution in [0.25, 0.3) is 0 Å². The number of benzene rings is 2. The predicted octanol–water partition coefficient (Wildman–Crippen LogP) is 6.81. The van der Waals surface area contributed by atoms with E-state index in [9.17, 15) is 4.79 Å². The van der Waals surface area contributed by atoms with Crippen molar-refractivity contribution >= 4 is 40.7 Å². The smallest absolute Gasteiger partial charge is 0.251 e. The van der Waals surface area contributed by atoms with Gasteiger partial charge in [-0.1, -0.05) is 67.1 Å². The predicted molar refractivity (Wildman–Crippen MR) is 126 cm³/mol. The van der Waals surface area contributed by atoms with Crippen LogP contribution in [0.15, 0.2) is 92.2 Å². The normalized spacial score (nSPS) is 15.1. The lowest BCUT2D eigenvalue weighted by Crippen LogP contribution is -2.24. The molecule has 0 saturated carbocycles. The lowest BCUT2D eigenvalue weighted by atomic mass is 9.99. The van der Waals surface area contributed by atoms with Crippen molar-refractivity contribution in [2.24, 2.45) is 4.99 Å². The van der Waals surface area contributed by atoms with Crippen molar-refractivity contribution in [2.45, 2.75) is 36.0 Å². The highest BCUT2D eigenvalue weighted by Crippen LogP contribution is 2.42. The Morgan fingerprint density at radius 2 is 2.03 bits per heavy atom. The summed E-state index contributed by atoms with van der Waals surface area (Å²) in [6.45, 7) is 2.80. The Hall–Kier alpha value is -2.56. The molecule has 2 aliphatic rings. The number of amides is 1. The second kappa shape index (κ2) is 9.50. The number of carbonyl (C=O) groups excluding carboxylic acids is 1. The third-order valence-corrected chi connectivity index (χ3v) is 6.39. The Bertz CT molecular complexity index is 1100. The van der Waals surface area contributed by atoms with Gasteiger partial charge >= 0.3 is 0 Å².